The molecule has 0 aliphatic heterocycles. The van der Waals surface area contributed by atoms with Gasteiger partial charge >= 0.3 is 0 Å². The SMILES string of the molecule is CCS(=O)(=O)CC(C)NCCCn1cnc2ccccc21. The third-order valence-electron chi connectivity index (χ3n) is 3.54. The summed E-state index contributed by atoms with van der Waals surface area (Å²) in [5, 5.41) is 3.27. The van der Waals surface area contributed by atoms with Gasteiger partial charge in [0.2, 0.25) is 0 Å². The summed E-state index contributed by atoms with van der Waals surface area (Å²) in [6.07, 6.45) is 2.80. The predicted molar refractivity (Wildman–Crippen MR) is 86.1 cm³/mol. The molecule has 1 atom stereocenters. The van der Waals surface area contributed by atoms with Crippen molar-refractivity contribution < 1.29 is 8.42 Å². The van der Waals surface area contributed by atoms with Crippen LogP contribution < -0.4 is 5.32 Å². The van der Waals surface area contributed by atoms with E-state index in [-0.39, 0.29) is 17.5 Å². The van der Waals surface area contributed by atoms with Gasteiger partial charge in [-0.1, -0.05) is 19.1 Å². The maximum Gasteiger partial charge on any atom is 0.151 e. The smallest absolute Gasteiger partial charge is 0.151 e. The molecule has 0 saturated carbocycles. The summed E-state index contributed by atoms with van der Waals surface area (Å²) in [5.41, 5.74) is 2.15. The van der Waals surface area contributed by atoms with Crippen LogP contribution in [0.1, 0.15) is 20.3 Å². The van der Waals surface area contributed by atoms with Gasteiger partial charge in [0, 0.05) is 18.3 Å². The van der Waals surface area contributed by atoms with E-state index in [9.17, 15) is 8.42 Å². The Balaban J connectivity index is 1.77. The zero-order chi connectivity index (χ0) is 15.3. The third-order valence-corrected chi connectivity index (χ3v) is 5.43. The largest absolute Gasteiger partial charge is 0.331 e. The standard InChI is InChI=1S/C15H23N3O2S/c1-3-21(19,20)11-13(2)16-9-6-10-18-12-17-14-7-4-5-8-15(14)18/h4-5,7-8,12-13,16H,3,6,9-11H2,1-2H3. The molecule has 21 heavy (non-hydrogen) atoms. The second-order valence-corrected chi connectivity index (χ2v) is 7.73. The van der Waals surface area contributed by atoms with Gasteiger partial charge in [0.25, 0.3) is 0 Å². The van der Waals surface area contributed by atoms with Crippen molar-refractivity contribution in [2.75, 3.05) is 18.1 Å². The molecule has 0 saturated heterocycles. The van der Waals surface area contributed by atoms with Crippen LogP contribution in [0.2, 0.25) is 0 Å². The second-order valence-electron chi connectivity index (χ2n) is 5.33. The van der Waals surface area contributed by atoms with E-state index in [0.717, 1.165) is 30.5 Å². The molecule has 1 heterocycles. The zero-order valence-electron chi connectivity index (χ0n) is 12.6. The van der Waals surface area contributed by atoms with Gasteiger partial charge in [-0.15, -0.1) is 0 Å². The first-order valence-corrected chi connectivity index (χ1v) is 9.17. The van der Waals surface area contributed by atoms with Crippen molar-refractivity contribution >= 4 is 20.9 Å². The van der Waals surface area contributed by atoms with Crippen LogP contribution in [0, 0.1) is 0 Å². The molecular weight excluding hydrogens is 286 g/mol. The van der Waals surface area contributed by atoms with Crippen LogP contribution in [0.15, 0.2) is 30.6 Å². The molecule has 0 fully saturated rings. The highest BCUT2D eigenvalue weighted by Crippen LogP contribution is 2.11. The first kappa shape index (κ1) is 16.0. The van der Waals surface area contributed by atoms with E-state index in [0.29, 0.717) is 0 Å². The van der Waals surface area contributed by atoms with Crippen molar-refractivity contribution in [1.82, 2.24) is 14.9 Å². The number of benzene rings is 1. The summed E-state index contributed by atoms with van der Waals surface area (Å²) in [4.78, 5) is 4.36. The van der Waals surface area contributed by atoms with Crippen molar-refractivity contribution in [3.8, 4) is 0 Å². The van der Waals surface area contributed by atoms with Gasteiger partial charge in [-0.3, -0.25) is 0 Å². The lowest BCUT2D eigenvalue weighted by Gasteiger charge is -2.13. The zero-order valence-corrected chi connectivity index (χ0v) is 13.4. The van der Waals surface area contributed by atoms with Crippen LogP contribution in [0.25, 0.3) is 11.0 Å². The number of imidazole rings is 1. The summed E-state index contributed by atoms with van der Waals surface area (Å²) < 4.78 is 25.2. The van der Waals surface area contributed by atoms with E-state index in [1.807, 2.05) is 31.5 Å². The molecule has 0 spiro atoms. The Labute approximate surface area is 126 Å². The molecule has 5 nitrogen and oxygen atoms in total. The van der Waals surface area contributed by atoms with Gasteiger partial charge in [0.05, 0.1) is 23.1 Å². The normalized spacial score (nSPS) is 13.6. The fourth-order valence-electron chi connectivity index (χ4n) is 2.34. The maximum atomic E-state index is 11.5. The molecule has 1 N–H and O–H groups in total. The number of hydrogen-bond acceptors (Lipinski definition) is 4. The van der Waals surface area contributed by atoms with Gasteiger partial charge in [-0.05, 0) is 32.0 Å². The molecule has 6 heteroatoms. The van der Waals surface area contributed by atoms with E-state index in [1.165, 1.54) is 0 Å². The van der Waals surface area contributed by atoms with E-state index in [1.54, 1.807) is 6.92 Å². The lowest BCUT2D eigenvalue weighted by Crippen LogP contribution is -2.34. The highest BCUT2D eigenvalue weighted by Gasteiger charge is 2.12. The molecular formula is C15H23N3O2S. The minimum atomic E-state index is -2.91. The summed E-state index contributed by atoms with van der Waals surface area (Å²) in [7, 11) is -2.91. The summed E-state index contributed by atoms with van der Waals surface area (Å²) in [6, 6.07) is 8.05. The van der Waals surface area contributed by atoms with Crippen molar-refractivity contribution in [2.45, 2.75) is 32.9 Å². The molecule has 1 unspecified atom stereocenters. The Bertz CT molecular complexity index is 679. The Hall–Kier alpha value is -1.40. The van der Waals surface area contributed by atoms with Crippen LogP contribution in [0.5, 0.6) is 0 Å². The van der Waals surface area contributed by atoms with E-state index < -0.39 is 9.84 Å². The Morgan fingerprint density at radius 3 is 2.86 bits per heavy atom. The van der Waals surface area contributed by atoms with Gasteiger partial charge in [0.15, 0.2) is 9.84 Å². The molecule has 116 valence electrons. The van der Waals surface area contributed by atoms with Crippen molar-refractivity contribution in [2.24, 2.45) is 0 Å². The summed E-state index contributed by atoms with van der Waals surface area (Å²) in [6.45, 7) is 5.28. The molecule has 2 rings (SSSR count). The quantitative estimate of drug-likeness (QED) is 0.756. The molecule has 0 radical (unpaired) electrons. The summed E-state index contributed by atoms with van der Waals surface area (Å²) >= 11 is 0. The average molecular weight is 309 g/mol. The topological polar surface area (TPSA) is 64.0 Å². The summed E-state index contributed by atoms with van der Waals surface area (Å²) in [5.74, 6) is 0.414. The number of aromatic nitrogens is 2. The van der Waals surface area contributed by atoms with Gasteiger partial charge in [-0.25, -0.2) is 13.4 Å². The lowest BCUT2D eigenvalue weighted by atomic mass is 10.3. The Morgan fingerprint density at radius 1 is 1.33 bits per heavy atom. The number of para-hydroxylation sites is 2. The molecule has 0 amide bonds. The van der Waals surface area contributed by atoms with E-state index in [2.05, 4.69) is 20.9 Å². The van der Waals surface area contributed by atoms with E-state index in [4.69, 9.17) is 0 Å². The molecule has 1 aromatic heterocycles. The number of hydrogen-bond donors (Lipinski definition) is 1. The number of sulfone groups is 1. The molecule has 0 aliphatic carbocycles. The predicted octanol–water partition coefficient (Wildman–Crippen LogP) is 1.84. The number of fused-ring (bicyclic) bond motifs is 1. The Morgan fingerprint density at radius 2 is 2.10 bits per heavy atom. The van der Waals surface area contributed by atoms with Crippen molar-refractivity contribution in [1.29, 1.82) is 0 Å². The molecule has 0 bridgehead atoms. The number of nitrogens with zero attached hydrogens (tertiary/aromatic N) is 2. The third kappa shape index (κ3) is 4.54. The fraction of sp³-hybridized carbons (Fsp3) is 0.533. The van der Waals surface area contributed by atoms with Gasteiger partial charge < -0.3 is 9.88 Å². The van der Waals surface area contributed by atoms with Crippen LogP contribution in [0.4, 0.5) is 0 Å². The van der Waals surface area contributed by atoms with Crippen LogP contribution in [-0.2, 0) is 16.4 Å². The maximum absolute atomic E-state index is 11.5. The molecule has 0 aliphatic rings. The second kappa shape index (κ2) is 7.04. The number of nitrogens with one attached hydrogen (secondary N) is 1. The lowest BCUT2D eigenvalue weighted by molar-refractivity contribution is 0.530. The van der Waals surface area contributed by atoms with Gasteiger partial charge in [0.1, 0.15) is 0 Å². The van der Waals surface area contributed by atoms with Crippen molar-refractivity contribution in [3.05, 3.63) is 30.6 Å². The molecule has 2 aromatic rings. The highest BCUT2D eigenvalue weighted by molar-refractivity contribution is 7.91. The van der Waals surface area contributed by atoms with Gasteiger partial charge in [-0.2, -0.15) is 0 Å². The minimum Gasteiger partial charge on any atom is -0.331 e. The highest BCUT2D eigenvalue weighted by atomic mass is 32.2. The monoisotopic (exact) mass is 309 g/mol. The first-order chi connectivity index (χ1) is 10.0. The van der Waals surface area contributed by atoms with E-state index >= 15 is 0 Å². The number of aryl methyl sites for hydroxylation is 1. The van der Waals surface area contributed by atoms with Crippen LogP contribution >= 0.6 is 0 Å². The fourth-order valence-corrected chi connectivity index (χ4v) is 3.46. The average Bonchev–Trinajstić information content (AvgIpc) is 2.86. The Kier molecular flexibility index (Phi) is 5.36. The minimum absolute atomic E-state index is 0.00511. The van der Waals surface area contributed by atoms with Crippen LogP contribution in [0.3, 0.4) is 0 Å². The first-order valence-electron chi connectivity index (χ1n) is 7.35. The van der Waals surface area contributed by atoms with Crippen LogP contribution in [-0.4, -0.2) is 42.1 Å². The van der Waals surface area contributed by atoms with Crippen molar-refractivity contribution in [3.63, 3.8) is 0 Å². The molecule has 1 aromatic carbocycles. The number of rotatable bonds is 8.